The van der Waals surface area contributed by atoms with Gasteiger partial charge in [0.25, 0.3) is 0 Å². The highest BCUT2D eigenvalue weighted by Gasteiger charge is 2.18. The second-order valence-electron chi connectivity index (χ2n) is 12.9. The van der Waals surface area contributed by atoms with E-state index in [9.17, 15) is 0 Å². The molecule has 0 aliphatic rings. The van der Waals surface area contributed by atoms with Crippen LogP contribution in [0, 0.1) is 0 Å². The molecular weight excluding hydrogens is 605 g/mol. The van der Waals surface area contributed by atoms with Crippen molar-refractivity contribution in [1.29, 1.82) is 0 Å². The number of hydrogen-bond acceptors (Lipinski definition) is 2. The van der Waals surface area contributed by atoms with Crippen LogP contribution in [0.15, 0.2) is 182 Å². The Labute approximate surface area is 290 Å². The van der Waals surface area contributed by atoms with Crippen molar-refractivity contribution in [3.63, 3.8) is 0 Å². The number of rotatable bonds is 4. The van der Waals surface area contributed by atoms with Crippen LogP contribution in [0.2, 0.25) is 0 Å². The Morgan fingerprint density at radius 3 is 1.40 bits per heavy atom. The molecule has 0 unspecified atom stereocenters. The van der Waals surface area contributed by atoms with E-state index in [0.29, 0.717) is 0 Å². The molecule has 0 fully saturated rings. The van der Waals surface area contributed by atoms with Crippen LogP contribution in [0.5, 0.6) is 0 Å². The van der Waals surface area contributed by atoms with Crippen LogP contribution in [-0.2, 0) is 0 Å². The zero-order chi connectivity index (χ0) is 33.0. The summed E-state index contributed by atoms with van der Waals surface area (Å²) in [5.74, 6) is 0. The second-order valence-corrected chi connectivity index (χ2v) is 12.9. The van der Waals surface area contributed by atoms with Crippen LogP contribution in [0.4, 0.5) is 0 Å². The molecule has 0 spiro atoms. The summed E-state index contributed by atoms with van der Waals surface area (Å²) < 4.78 is 0. The van der Waals surface area contributed by atoms with Gasteiger partial charge < -0.3 is 0 Å². The van der Waals surface area contributed by atoms with Gasteiger partial charge in [-0.25, -0.2) is 4.98 Å². The van der Waals surface area contributed by atoms with Crippen LogP contribution in [0.25, 0.3) is 98.8 Å². The highest BCUT2D eigenvalue weighted by molar-refractivity contribution is 6.16. The number of aromatic nitrogens is 2. The lowest BCUT2D eigenvalue weighted by atomic mass is 9.90. The average molecular weight is 635 g/mol. The Balaban J connectivity index is 1.30. The lowest BCUT2D eigenvalue weighted by Gasteiger charge is -2.16. The van der Waals surface area contributed by atoms with E-state index in [1.54, 1.807) is 0 Å². The van der Waals surface area contributed by atoms with E-state index >= 15 is 0 Å². The summed E-state index contributed by atoms with van der Waals surface area (Å²) in [4.78, 5) is 10.7. The van der Waals surface area contributed by atoms with Gasteiger partial charge in [-0.15, -0.1) is 0 Å². The van der Waals surface area contributed by atoms with Gasteiger partial charge in [0.15, 0.2) is 0 Å². The number of fused-ring (bicyclic) bond motifs is 7. The number of pyridine rings is 2. The van der Waals surface area contributed by atoms with Gasteiger partial charge in [0.2, 0.25) is 0 Å². The lowest BCUT2D eigenvalue weighted by Crippen LogP contribution is -1.96. The normalized spacial score (nSPS) is 11.6. The minimum Gasteiger partial charge on any atom is -0.253 e. The molecule has 0 amide bonds. The van der Waals surface area contributed by atoms with Crippen molar-refractivity contribution in [2.75, 3.05) is 0 Å². The molecule has 0 aliphatic carbocycles. The number of nitrogens with zero attached hydrogens (tertiary/aromatic N) is 2. The maximum atomic E-state index is 5.49. The van der Waals surface area contributed by atoms with E-state index in [0.717, 1.165) is 50.1 Å². The number of hydrogen-bond donors (Lipinski definition) is 0. The van der Waals surface area contributed by atoms with E-state index in [1.165, 1.54) is 48.7 Å². The summed E-state index contributed by atoms with van der Waals surface area (Å²) in [7, 11) is 0. The molecule has 0 radical (unpaired) electrons. The second kappa shape index (κ2) is 11.5. The fraction of sp³-hybridized carbons (Fsp3) is 0. The van der Waals surface area contributed by atoms with Crippen molar-refractivity contribution in [1.82, 2.24) is 9.97 Å². The summed E-state index contributed by atoms with van der Waals surface area (Å²) in [6.07, 6.45) is 2.01. The fourth-order valence-electron chi connectivity index (χ4n) is 7.75. The van der Waals surface area contributed by atoms with E-state index in [4.69, 9.17) is 9.97 Å². The van der Waals surface area contributed by atoms with Crippen LogP contribution < -0.4 is 0 Å². The van der Waals surface area contributed by atoms with Crippen LogP contribution in [0.3, 0.4) is 0 Å². The highest BCUT2D eigenvalue weighted by atomic mass is 14.8. The van der Waals surface area contributed by atoms with E-state index in [1.807, 2.05) is 6.20 Å². The molecule has 2 nitrogen and oxygen atoms in total. The molecule has 0 bridgehead atoms. The molecule has 50 heavy (non-hydrogen) atoms. The summed E-state index contributed by atoms with van der Waals surface area (Å²) in [5, 5.41) is 12.0. The zero-order valence-electron chi connectivity index (χ0n) is 27.2. The molecule has 2 heteroatoms. The topological polar surface area (TPSA) is 25.8 Å². The molecule has 0 saturated carbocycles. The first-order valence-electron chi connectivity index (χ1n) is 17.1. The Hall–Kier alpha value is -6.64. The summed E-state index contributed by atoms with van der Waals surface area (Å²) in [5.41, 5.74) is 8.31. The lowest BCUT2D eigenvalue weighted by molar-refractivity contribution is 1.27. The van der Waals surface area contributed by atoms with Crippen LogP contribution in [-0.4, -0.2) is 9.97 Å². The third-order valence-corrected chi connectivity index (χ3v) is 10.1. The Morgan fingerprint density at radius 2 is 0.760 bits per heavy atom. The molecule has 2 aromatic heterocycles. The van der Waals surface area contributed by atoms with Gasteiger partial charge >= 0.3 is 0 Å². The smallest absolute Gasteiger partial charge is 0.0965 e. The maximum Gasteiger partial charge on any atom is 0.0965 e. The quantitative estimate of drug-likeness (QED) is 0.180. The van der Waals surface area contributed by atoms with Crippen molar-refractivity contribution in [3.05, 3.63) is 182 Å². The molecular formula is C48H30N2. The van der Waals surface area contributed by atoms with Gasteiger partial charge in [-0.3, -0.25) is 4.98 Å². The van der Waals surface area contributed by atoms with Crippen molar-refractivity contribution in [2.24, 2.45) is 0 Å². The van der Waals surface area contributed by atoms with Gasteiger partial charge in [0.1, 0.15) is 0 Å². The SMILES string of the molecule is c1ccc(-c2cnc(-c3cc(-c4cc5ccccc5c5ccccc45)cc(-c4cc5ccccc5c5ccccc45)n3)c3ccccc23)cc1. The molecule has 0 aliphatic heterocycles. The molecule has 232 valence electrons. The Kier molecular flexibility index (Phi) is 6.53. The van der Waals surface area contributed by atoms with Crippen molar-refractivity contribution in [2.45, 2.75) is 0 Å². The first-order valence-corrected chi connectivity index (χ1v) is 17.1. The van der Waals surface area contributed by atoms with Crippen molar-refractivity contribution in [3.8, 4) is 44.9 Å². The first kappa shape index (κ1) is 28.4. The Bertz CT molecular complexity index is 2790. The van der Waals surface area contributed by atoms with Gasteiger partial charge in [-0.1, -0.05) is 152 Å². The van der Waals surface area contributed by atoms with E-state index in [-0.39, 0.29) is 0 Å². The summed E-state index contributed by atoms with van der Waals surface area (Å²) in [6, 6.07) is 63.0. The third kappa shape index (κ3) is 4.57. The Morgan fingerprint density at radius 1 is 0.300 bits per heavy atom. The molecule has 2 heterocycles. The standard InChI is InChI=1S/C48H30N2/c1-2-14-31(15-3-1)45-30-49-48(42-25-13-12-24-41(42)45)47-29-34(43-26-32-16-4-6-18-35(32)37-20-8-10-22-39(37)43)28-46(50-47)44-27-33-17-5-7-19-36(33)38-21-9-11-23-40(38)44/h1-30H. The molecule has 8 aromatic carbocycles. The fourth-order valence-corrected chi connectivity index (χ4v) is 7.75. The minimum atomic E-state index is 0.850. The van der Waals surface area contributed by atoms with Crippen LogP contribution in [0.1, 0.15) is 0 Å². The maximum absolute atomic E-state index is 5.49. The monoisotopic (exact) mass is 634 g/mol. The van der Waals surface area contributed by atoms with Crippen molar-refractivity contribution < 1.29 is 0 Å². The predicted molar refractivity (Wildman–Crippen MR) is 211 cm³/mol. The summed E-state index contributed by atoms with van der Waals surface area (Å²) >= 11 is 0. The first-order chi connectivity index (χ1) is 24.8. The molecule has 0 atom stereocenters. The van der Waals surface area contributed by atoms with Crippen molar-refractivity contribution >= 4 is 53.9 Å². The third-order valence-electron chi connectivity index (χ3n) is 10.1. The highest BCUT2D eigenvalue weighted by Crippen LogP contribution is 2.41. The largest absolute Gasteiger partial charge is 0.253 e. The van der Waals surface area contributed by atoms with Gasteiger partial charge in [-0.05, 0) is 89.4 Å². The molecule has 0 saturated heterocycles. The van der Waals surface area contributed by atoms with E-state index < -0.39 is 0 Å². The molecule has 10 rings (SSSR count). The minimum absolute atomic E-state index is 0.850. The van der Waals surface area contributed by atoms with Gasteiger partial charge in [0, 0.05) is 22.7 Å². The average Bonchev–Trinajstić information content (AvgIpc) is 3.20. The zero-order valence-corrected chi connectivity index (χ0v) is 27.2. The summed E-state index contributed by atoms with van der Waals surface area (Å²) in [6.45, 7) is 0. The van der Waals surface area contributed by atoms with Gasteiger partial charge in [0.05, 0.1) is 17.1 Å². The van der Waals surface area contributed by atoms with E-state index in [2.05, 4.69) is 176 Å². The molecule has 0 N–H and O–H groups in total. The molecule has 10 aromatic rings. The van der Waals surface area contributed by atoms with Gasteiger partial charge in [-0.2, -0.15) is 0 Å². The van der Waals surface area contributed by atoms with Crippen LogP contribution >= 0.6 is 0 Å². The number of benzene rings is 8. The predicted octanol–water partition coefficient (Wildman–Crippen LogP) is 12.9.